The van der Waals surface area contributed by atoms with Crippen molar-refractivity contribution in [3.63, 3.8) is 0 Å². The van der Waals surface area contributed by atoms with Crippen LogP contribution in [0.3, 0.4) is 0 Å². The second-order valence-electron chi connectivity index (χ2n) is 8.10. The largest absolute Gasteiger partial charge is 0.497 e. The Morgan fingerprint density at radius 3 is 2.42 bits per heavy atom. The molecule has 0 aliphatic rings. The number of nitrogens with zero attached hydrogens (tertiary/aromatic N) is 2. The van der Waals surface area contributed by atoms with Gasteiger partial charge in [-0.2, -0.15) is 0 Å². The van der Waals surface area contributed by atoms with Gasteiger partial charge in [0, 0.05) is 31.0 Å². The fraction of sp³-hybridized carbons (Fsp3) is 0.417. The monoisotopic (exact) mass is 473 g/mol. The normalized spacial score (nSPS) is 11.7. The number of benzene rings is 2. The number of amides is 2. The Morgan fingerprint density at radius 1 is 1.12 bits per heavy atom. The van der Waals surface area contributed by atoms with Crippen LogP contribution in [-0.4, -0.2) is 47.1 Å². The number of hydrogen-bond donors (Lipinski definition) is 1. The van der Waals surface area contributed by atoms with E-state index in [1.807, 2.05) is 38.1 Å². The van der Waals surface area contributed by atoms with Gasteiger partial charge in [-0.25, -0.2) is 0 Å². The van der Waals surface area contributed by atoms with Crippen LogP contribution >= 0.6 is 11.8 Å². The smallest absolute Gasteiger partial charge is 0.269 e. The standard InChI is InChI=1S/C24H31N3O5S/c1-17(2)13-25-24(29)18(3)26(14-20-6-5-7-22(12-20)32-4)23(28)16-33-15-19-8-10-21(11-9-19)27(30)31/h5-12,17-18H,13-16H2,1-4H3,(H,25,29)/t18-/m1/s1. The first kappa shape index (κ1) is 26.2. The molecule has 0 radical (unpaired) electrons. The first-order valence-corrected chi connectivity index (χ1v) is 11.9. The molecule has 2 aromatic carbocycles. The van der Waals surface area contributed by atoms with Crippen molar-refractivity contribution in [1.29, 1.82) is 0 Å². The van der Waals surface area contributed by atoms with E-state index in [1.54, 1.807) is 31.1 Å². The Balaban J connectivity index is 2.07. The molecule has 2 rings (SSSR count). The number of ether oxygens (including phenoxy) is 1. The SMILES string of the molecule is COc1cccc(CN(C(=O)CSCc2ccc([N+](=O)[O-])cc2)[C@H](C)C(=O)NCC(C)C)c1. The maximum atomic E-state index is 13.1. The summed E-state index contributed by atoms with van der Waals surface area (Å²) in [7, 11) is 1.58. The summed E-state index contributed by atoms with van der Waals surface area (Å²) < 4.78 is 5.28. The molecule has 0 fully saturated rings. The molecular weight excluding hydrogens is 442 g/mol. The molecule has 33 heavy (non-hydrogen) atoms. The number of methoxy groups -OCH3 is 1. The number of carbonyl (C=O) groups excluding carboxylic acids is 2. The molecular formula is C24H31N3O5S. The molecule has 178 valence electrons. The molecule has 0 saturated heterocycles. The summed E-state index contributed by atoms with van der Waals surface area (Å²) in [6.45, 7) is 6.58. The predicted molar refractivity (Wildman–Crippen MR) is 130 cm³/mol. The first-order valence-electron chi connectivity index (χ1n) is 10.7. The van der Waals surface area contributed by atoms with Gasteiger partial charge in [0.05, 0.1) is 17.8 Å². The zero-order chi connectivity index (χ0) is 24.4. The van der Waals surface area contributed by atoms with Crippen molar-refractivity contribution in [3.05, 3.63) is 69.8 Å². The maximum Gasteiger partial charge on any atom is 0.269 e. The second-order valence-corrected chi connectivity index (χ2v) is 9.09. The van der Waals surface area contributed by atoms with Gasteiger partial charge in [0.25, 0.3) is 5.69 Å². The van der Waals surface area contributed by atoms with Crippen LogP contribution in [0.4, 0.5) is 5.69 Å². The third-order valence-corrected chi connectivity index (χ3v) is 5.97. The zero-order valence-electron chi connectivity index (χ0n) is 19.4. The number of nitro groups is 1. The van der Waals surface area contributed by atoms with Crippen LogP contribution in [0.5, 0.6) is 5.75 Å². The Morgan fingerprint density at radius 2 is 1.82 bits per heavy atom. The summed E-state index contributed by atoms with van der Waals surface area (Å²) in [5, 5.41) is 13.7. The van der Waals surface area contributed by atoms with E-state index in [0.29, 0.717) is 24.0 Å². The van der Waals surface area contributed by atoms with Gasteiger partial charge < -0.3 is 15.0 Å². The van der Waals surface area contributed by atoms with Crippen molar-refractivity contribution in [1.82, 2.24) is 10.2 Å². The molecule has 9 heteroatoms. The Bertz CT molecular complexity index is 949. The van der Waals surface area contributed by atoms with Crippen molar-refractivity contribution >= 4 is 29.3 Å². The summed E-state index contributed by atoms with van der Waals surface area (Å²) >= 11 is 1.41. The lowest BCUT2D eigenvalue weighted by Gasteiger charge is -2.29. The molecule has 8 nitrogen and oxygen atoms in total. The van der Waals surface area contributed by atoms with Crippen LogP contribution in [0.1, 0.15) is 31.9 Å². The molecule has 0 heterocycles. The van der Waals surface area contributed by atoms with Crippen LogP contribution in [-0.2, 0) is 21.9 Å². The quantitative estimate of drug-likeness (QED) is 0.369. The number of nitrogens with one attached hydrogen (secondary N) is 1. The molecule has 0 aliphatic carbocycles. The van der Waals surface area contributed by atoms with Crippen LogP contribution < -0.4 is 10.1 Å². The molecule has 2 aromatic rings. The van der Waals surface area contributed by atoms with E-state index in [4.69, 9.17) is 4.74 Å². The summed E-state index contributed by atoms with van der Waals surface area (Å²) in [4.78, 5) is 37.7. The van der Waals surface area contributed by atoms with E-state index in [1.165, 1.54) is 23.9 Å². The lowest BCUT2D eigenvalue weighted by atomic mass is 10.1. The molecule has 0 unspecified atom stereocenters. The van der Waals surface area contributed by atoms with Crippen LogP contribution in [0.2, 0.25) is 0 Å². The van der Waals surface area contributed by atoms with Gasteiger partial charge in [0.1, 0.15) is 11.8 Å². The van der Waals surface area contributed by atoms with Crippen molar-refractivity contribution in [2.45, 2.75) is 39.1 Å². The minimum atomic E-state index is -0.637. The van der Waals surface area contributed by atoms with E-state index in [-0.39, 0.29) is 29.8 Å². The molecule has 0 bridgehead atoms. The van der Waals surface area contributed by atoms with Gasteiger partial charge in [-0.3, -0.25) is 19.7 Å². The summed E-state index contributed by atoms with van der Waals surface area (Å²) in [6.07, 6.45) is 0. The van der Waals surface area contributed by atoms with Crippen LogP contribution in [0, 0.1) is 16.0 Å². The van der Waals surface area contributed by atoms with E-state index in [9.17, 15) is 19.7 Å². The molecule has 0 aliphatic heterocycles. The third kappa shape index (κ3) is 8.42. The highest BCUT2D eigenvalue weighted by Crippen LogP contribution is 2.20. The Kier molecular flexibility index (Phi) is 10.2. The highest BCUT2D eigenvalue weighted by atomic mass is 32.2. The zero-order valence-corrected chi connectivity index (χ0v) is 20.3. The average molecular weight is 474 g/mol. The van der Waals surface area contributed by atoms with Gasteiger partial charge in [0.15, 0.2) is 0 Å². The van der Waals surface area contributed by atoms with Gasteiger partial charge in [-0.15, -0.1) is 11.8 Å². The summed E-state index contributed by atoms with van der Waals surface area (Å²) in [5.74, 6) is 1.36. The van der Waals surface area contributed by atoms with E-state index < -0.39 is 11.0 Å². The van der Waals surface area contributed by atoms with Crippen molar-refractivity contribution in [3.8, 4) is 5.75 Å². The van der Waals surface area contributed by atoms with Gasteiger partial charge >= 0.3 is 0 Å². The molecule has 0 saturated carbocycles. The number of non-ortho nitro benzene ring substituents is 1. The third-order valence-electron chi connectivity index (χ3n) is 4.98. The Hall–Kier alpha value is -3.07. The Labute approximate surface area is 198 Å². The summed E-state index contributed by atoms with van der Waals surface area (Å²) in [5.41, 5.74) is 1.79. The van der Waals surface area contributed by atoms with E-state index in [2.05, 4.69) is 5.32 Å². The van der Waals surface area contributed by atoms with E-state index >= 15 is 0 Å². The molecule has 0 aromatic heterocycles. The lowest BCUT2D eigenvalue weighted by Crippen LogP contribution is -2.48. The highest BCUT2D eigenvalue weighted by molar-refractivity contribution is 7.99. The van der Waals surface area contributed by atoms with Crippen LogP contribution in [0.15, 0.2) is 48.5 Å². The van der Waals surface area contributed by atoms with Crippen molar-refractivity contribution < 1.29 is 19.2 Å². The molecule has 0 spiro atoms. The molecule has 1 N–H and O–H groups in total. The fourth-order valence-electron chi connectivity index (χ4n) is 3.06. The van der Waals surface area contributed by atoms with Gasteiger partial charge in [-0.05, 0) is 36.1 Å². The number of nitro benzene ring substituents is 1. The fourth-order valence-corrected chi connectivity index (χ4v) is 3.93. The molecule has 1 atom stereocenters. The number of carbonyl (C=O) groups is 2. The highest BCUT2D eigenvalue weighted by Gasteiger charge is 2.26. The summed E-state index contributed by atoms with van der Waals surface area (Å²) in [6, 6.07) is 13.1. The van der Waals surface area contributed by atoms with Gasteiger partial charge in [-0.1, -0.05) is 38.1 Å². The minimum absolute atomic E-state index is 0.0329. The number of hydrogen-bond acceptors (Lipinski definition) is 6. The minimum Gasteiger partial charge on any atom is -0.497 e. The number of thioether (sulfide) groups is 1. The topological polar surface area (TPSA) is 102 Å². The first-order chi connectivity index (χ1) is 15.7. The van der Waals surface area contributed by atoms with Gasteiger partial charge in [0.2, 0.25) is 11.8 Å². The van der Waals surface area contributed by atoms with E-state index in [0.717, 1.165) is 11.1 Å². The second kappa shape index (κ2) is 12.8. The van der Waals surface area contributed by atoms with Crippen molar-refractivity contribution in [2.24, 2.45) is 5.92 Å². The van der Waals surface area contributed by atoms with Crippen LogP contribution in [0.25, 0.3) is 0 Å². The predicted octanol–water partition coefficient (Wildman–Crippen LogP) is 4.03. The average Bonchev–Trinajstić information content (AvgIpc) is 2.80. The lowest BCUT2D eigenvalue weighted by molar-refractivity contribution is -0.384. The number of rotatable bonds is 12. The van der Waals surface area contributed by atoms with Crippen molar-refractivity contribution in [2.75, 3.05) is 19.4 Å². The molecule has 2 amide bonds. The maximum absolute atomic E-state index is 13.1.